The monoisotopic (exact) mass is 362 g/mol. The van der Waals surface area contributed by atoms with Crippen molar-refractivity contribution in [1.29, 1.82) is 0 Å². The summed E-state index contributed by atoms with van der Waals surface area (Å²) in [5.41, 5.74) is 2.95. The highest BCUT2D eigenvalue weighted by atomic mass is 16.2. The van der Waals surface area contributed by atoms with E-state index >= 15 is 0 Å². The fourth-order valence-corrected chi connectivity index (χ4v) is 3.44. The van der Waals surface area contributed by atoms with Crippen molar-refractivity contribution in [3.8, 4) is 0 Å². The summed E-state index contributed by atoms with van der Waals surface area (Å²) in [6.07, 6.45) is 6.76. The van der Waals surface area contributed by atoms with E-state index in [1.807, 2.05) is 41.4 Å². The summed E-state index contributed by atoms with van der Waals surface area (Å²) in [4.78, 5) is 27.0. The summed E-state index contributed by atoms with van der Waals surface area (Å²) in [6.45, 7) is 2.01. The van der Waals surface area contributed by atoms with Gasteiger partial charge in [0.15, 0.2) is 0 Å². The lowest BCUT2D eigenvalue weighted by Crippen LogP contribution is -2.35. The minimum Gasteiger partial charge on any atom is -0.348 e. The molecule has 138 valence electrons. The molecule has 0 spiro atoms. The Hall–Kier alpha value is -3.15. The Morgan fingerprint density at radius 3 is 2.59 bits per heavy atom. The number of rotatable bonds is 4. The standard InChI is InChI=1S/C21H22N4O2/c26-20(17-7-3-1-4-8-17)22-14-16-9-12-25-19(13-16)18(15-23-25)21(27)24-10-5-2-6-11-24/h1,3-4,7-9,12-13,15H,2,5-6,10-11,14H2,(H,22,26). The van der Waals surface area contributed by atoms with Crippen molar-refractivity contribution in [3.63, 3.8) is 0 Å². The van der Waals surface area contributed by atoms with Gasteiger partial charge in [0.25, 0.3) is 11.8 Å². The van der Waals surface area contributed by atoms with E-state index in [4.69, 9.17) is 0 Å². The van der Waals surface area contributed by atoms with Crippen LogP contribution in [0.15, 0.2) is 54.9 Å². The van der Waals surface area contributed by atoms with E-state index in [1.165, 1.54) is 6.42 Å². The van der Waals surface area contributed by atoms with Crippen molar-refractivity contribution < 1.29 is 9.59 Å². The average Bonchev–Trinajstić information content (AvgIpc) is 3.16. The highest BCUT2D eigenvalue weighted by molar-refractivity contribution is 6.00. The van der Waals surface area contributed by atoms with Crippen LogP contribution >= 0.6 is 0 Å². The first-order chi connectivity index (χ1) is 13.2. The topological polar surface area (TPSA) is 66.7 Å². The van der Waals surface area contributed by atoms with Crippen LogP contribution in [-0.2, 0) is 6.54 Å². The van der Waals surface area contributed by atoms with E-state index in [2.05, 4.69) is 10.4 Å². The fraction of sp³-hybridized carbons (Fsp3) is 0.286. The predicted octanol–water partition coefficient (Wildman–Crippen LogP) is 2.89. The molecule has 3 aromatic rings. The number of likely N-dealkylation sites (tertiary alicyclic amines) is 1. The van der Waals surface area contributed by atoms with Crippen LogP contribution in [0.4, 0.5) is 0 Å². The van der Waals surface area contributed by atoms with Gasteiger partial charge < -0.3 is 10.2 Å². The number of piperidine rings is 1. The van der Waals surface area contributed by atoms with Gasteiger partial charge in [0.05, 0.1) is 17.3 Å². The number of hydrogen-bond acceptors (Lipinski definition) is 3. The SMILES string of the molecule is O=C(NCc1ccn2ncc(C(=O)N3CCCCC3)c2c1)c1ccccc1. The third kappa shape index (κ3) is 3.69. The van der Waals surface area contributed by atoms with Crippen molar-refractivity contribution in [2.45, 2.75) is 25.8 Å². The lowest BCUT2D eigenvalue weighted by molar-refractivity contribution is 0.0726. The van der Waals surface area contributed by atoms with E-state index < -0.39 is 0 Å². The quantitative estimate of drug-likeness (QED) is 0.776. The highest BCUT2D eigenvalue weighted by Gasteiger charge is 2.21. The van der Waals surface area contributed by atoms with Gasteiger partial charge in [-0.1, -0.05) is 18.2 Å². The van der Waals surface area contributed by atoms with Crippen LogP contribution in [0, 0.1) is 0 Å². The first kappa shape index (κ1) is 17.3. The lowest BCUT2D eigenvalue weighted by Gasteiger charge is -2.26. The average molecular weight is 362 g/mol. The lowest BCUT2D eigenvalue weighted by atomic mass is 10.1. The molecule has 1 aromatic carbocycles. The number of nitrogens with zero attached hydrogens (tertiary/aromatic N) is 3. The second-order valence-electron chi connectivity index (χ2n) is 6.82. The molecular formula is C21H22N4O2. The maximum Gasteiger partial charge on any atom is 0.257 e. The Kier molecular flexibility index (Phi) is 4.87. The molecule has 2 aromatic heterocycles. The molecule has 2 amide bonds. The van der Waals surface area contributed by atoms with E-state index in [0.717, 1.165) is 37.0 Å². The van der Waals surface area contributed by atoms with Crippen LogP contribution < -0.4 is 5.32 Å². The van der Waals surface area contributed by atoms with Gasteiger partial charge in [0.1, 0.15) is 0 Å². The molecule has 0 bridgehead atoms. The third-order valence-electron chi connectivity index (χ3n) is 4.95. The summed E-state index contributed by atoms with van der Waals surface area (Å²) in [5, 5.41) is 7.22. The third-order valence-corrected chi connectivity index (χ3v) is 4.95. The van der Waals surface area contributed by atoms with Crippen LogP contribution in [0.1, 0.15) is 45.5 Å². The summed E-state index contributed by atoms with van der Waals surface area (Å²) >= 11 is 0. The van der Waals surface area contributed by atoms with Crippen LogP contribution in [-0.4, -0.2) is 39.4 Å². The van der Waals surface area contributed by atoms with Gasteiger partial charge in [-0.2, -0.15) is 5.10 Å². The fourth-order valence-electron chi connectivity index (χ4n) is 3.44. The smallest absolute Gasteiger partial charge is 0.257 e. The molecule has 0 radical (unpaired) electrons. The van der Waals surface area contributed by atoms with E-state index in [1.54, 1.807) is 22.8 Å². The summed E-state index contributed by atoms with van der Waals surface area (Å²) in [6, 6.07) is 13.0. The van der Waals surface area contributed by atoms with Gasteiger partial charge in [0.2, 0.25) is 0 Å². The van der Waals surface area contributed by atoms with Gasteiger partial charge in [-0.05, 0) is 49.1 Å². The predicted molar refractivity (Wildman–Crippen MR) is 103 cm³/mol. The van der Waals surface area contributed by atoms with E-state index in [9.17, 15) is 9.59 Å². The zero-order chi connectivity index (χ0) is 18.6. The Morgan fingerprint density at radius 2 is 1.81 bits per heavy atom. The molecule has 1 saturated heterocycles. The van der Waals surface area contributed by atoms with Crippen LogP contribution in [0.2, 0.25) is 0 Å². The number of carbonyl (C=O) groups excluding carboxylic acids is 2. The largest absolute Gasteiger partial charge is 0.348 e. The van der Waals surface area contributed by atoms with Crippen LogP contribution in [0.25, 0.3) is 5.52 Å². The van der Waals surface area contributed by atoms with Crippen molar-refractivity contribution in [3.05, 3.63) is 71.5 Å². The maximum atomic E-state index is 12.8. The molecule has 0 atom stereocenters. The normalized spacial score (nSPS) is 14.3. The number of carbonyl (C=O) groups is 2. The minimum absolute atomic E-state index is 0.0372. The van der Waals surface area contributed by atoms with Crippen molar-refractivity contribution >= 4 is 17.3 Å². The first-order valence-electron chi connectivity index (χ1n) is 9.31. The molecule has 27 heavy (non-hydrogen) atoms. The Balaban J connectivity index is 1.51. The molecule has 6 nitrogen and oxygen atoms in total. The summed E-state index contributed by atoms with van der Waals surface area (Å²) in [5.74, 6) is -0.0798. The summed E-state index contributed by atoms with van der Waals surface area (Å²) in [7, 11) is 0. The van der Waals surface area contributed by atoms with E-state index in [-0.39, 0.29) is 11.8 Å². The molecule has 6 heteroatoms. The number of benzene rings is 1. The molecule has 1 N–H and O–H groups in total. The van der Waals surface area contributed by atoms with Gasteiger partial charge in [0, 0.05) is 31.4 Å². The van der Waals surface area contributed by atoms with Gasteiger partial charge >= 0.3 is 0 Å². The van der Waals surface area contributed by atoms with Gasteiger partial charge in [-0.25, -0.2) is 4.52 Å². The van der Waals surface area contributed by atoms with Crippen molar-refractivity contribution in [1.82, 2.24) is 19.8 Å². The number of pyridine rings is 1. The molecule has 0 saturated carbocycles. The molecule has 1 aliphatic heterocycles. The summed E-state index contributed by atoms with van der Waals surface area (Å²) < 4.78 is 1.71. The molecule has 1 fully saturated rings. The zero-order valence-corrected chi connectivity index (χ0v) is 15.1. The van der Waals surface area contributed by atoms with Crippen LogP contribution in [0.3, 0.4) is 0 Å². The molecule has 0 unspecified atom stereocenters. The zero-order valence-electron chi connectivity index (χ0n) is 15.1. The van der Waals surface area contributed by atoms with Crippen LogP contribution in [0.5, 0.6) is 0 Å². The number of aromatic nitrogens is 2. The van der Waals surface area contributed by atoms with E-state index in [0.29, 0.717) is 17.7 Å². The number of amides is 2. The Labute approximate surface area is 157 Å². The Bertz CT molecular complexity index is 959. The molecule has 1 aliphatic rings. The molecular weight excluding hydrogens is 340 g/mol. The molecule has 3 heterocycles. The number of hydrogen-bond donors (Lipinski definition) is 1. The molecule has 0 aliphatic carbocycles. The first-order valence-corrected chi connectivity index (χ1v) is 9.31. The number of nitrogens with one attached hydrogen (secondary N) is 1. The maximum absolute atomic E-state index is 12.8. The number of fused-ring (bicyclic) bond motifs is 1. The second-order valence-corrected chi connectivity index (χ2v) is 6.82. The van der Waals surface area contributed by atoms with Crippen molar-refractivity contribution in [2.24, 2.45) is 0 Å². The Morgan fingerprint density at radius 1 is 1.04 bits per heavy atom. The minimum atomic E-state index is -0.117. The van der Waals surface area contributed by atoms with Crippen molar-refractivity contribution in [2.75, 3.05) is 13.1 Å². The second kappa shape index (κ2) is 7.61. The van der Waals surface area contributed by atoms with Gasteiger partial charge in [-0.15, -0.1) is 0 Å². The highest BCUT2D eigenvalue weighted by Crippen LogP contribution is 2.18. The molecule has 4 rings (SSSR count). The van der Waals surface area contributed by atoms with Gasteiger partial charge in [-0.3, -0.25) is 9.59 Å².